The third-order valence-electron chi connectivity index (χ3n) is 2.66. The molecule has 0 aliphatic heterocycles. The normalized spacial score (nSPS) is 12.8. The molecule has 0 spiro atoms. The second-order valence-electron chi connectivity index (χ2n) is 4.86. The Kier molecular flexibility index (Phi) is 6.52. The molecule has 1 aromatic rings. The van der Waals surface area contributed by atoms with Gasteiger partial charge in [-0.3, -0.25) is 0 Å². The van der Waals surface area contributed by atoms with Crippen LogP contribution < -0.4 is 9.31 Å². The summed E-state index contributed by atoms with van der Waals surface area (Å²) in [6, 6.07) is 8.65. The van der Waals surface area contributed by atoms with Crippen molar-refractivity contribution in [3.8, 4) is 0 Å². The third kappa shape index (κ3) is 4.60. The molecule has 94 valence electrons. The SMILES string of the molecule is C[CH2][Sn+]([O]CC(C)C)[c]1ccccc1C(C)N. The third-order valence-corrected chi connectivity index (χ3v) is 8.98. The van der Waals surface area contributed by atoms with Crippen molar-refractivity contribution in [1.82, 2.24) is 0 Å². The summed E-state index contributed by atoms with van der Waals surface area (Å²) in [7, 11) is 0. The van der Waals surface area contributed by atoms with Gasteiger partial charge in [0.1, 0.15) is 0 Å². The van der Waals surface area contributed by atoms with E-state index < -0.39 is 20.2 Å². The molecule has 0 aliphatic rings. The molecule has 0 radical (unpaired) electrons. The first kappa shape index (κ1) is 15.0. The van der Waals surface area contributed by atoms with Gasteiger partial charge >= 0.3 is 113 Å². The van der Waals surface area contributed by atoms with E-state index in [1.807, 2.05) is 0 Å². The van der Waals surface area contributed by atoms with Crippen LogP contribution in [0.5, 0.6) is 0 Å². The number of rotatable bonds is 6. The molecule has 17 heavy (non-hydrogen) atoms. The molecule has 0 aliphatic carbocycles. The van der Waals surface area contributed by atoms with Crippen LogP contribution in [0.15, 0.2) is 24.3 Å². The van der Waals surface area contributed by atoms with Crippen LogP contribution >= 0.6 is 0 Å². The van der Waals surface area contributed by atoms with Gasteiger partial charge < -0.3 is 0 Å². The summed E-state index contributed by atoms with van der Waals surface area (Å²) in [6.45, 7) is 9.59. The molecule has 0 aromatic heterocycles. The van der Waals surface area contributed by atoms with Gasteiger partial charge in [0.25, 0.3) is 0 Å². The maximum absolute atomic E-state index is 6.17. The van der Waals surface area contributed by atoms with Gasteiger partial charge in [0, 0.05) is 0 Å². The number of nitrogens with two attached hydrogens (primary N) is 1. The Balaban J connectivity index is 2.87. The summed E-state index contributed by atoms with van der Waals surface area (Å²) in [5.41, 5.74) is 7.32. The molecule has 1 rings (SSSR count). The Bertz CT molecular complexity index is 339. The average Bonchev–Trinajstić information content (AvgIpc) is 2.30. The molecule has 1 unspecified atom stereocenters. The van der Waals surface area contributed by atoms with Gasteiger partial charge in [-0.1, -0.05) is 0 Å². The standard InChI is InChI=1S/C8H10N.C4H9O.C2H5.Sn/c1-7(9)8-5-3-2-4-6-8;1-4(2)3-5;1-2;/h2-5,7H,9H2,1H3;4H,3H2,1-2H3;1H2,2H3;/q;-1;;+2. The Hall–Kier alpha value is -0.0613. The van der Waals surface area contributed by atoms with Gasteiger partial charge in [-0.2, -0.15) is 0 Å². The Morgan fingerprint density at radius 3 is 2.41 bits per heavy atom. The molecular weight excluding hydrogens is 317 g/mol. The zero-order valence-corrected chi connectivity index (χ0v) is 14.2. The summed E-state index contributed by atoms with van der Waals surface area (Å²) in [4.78, 5) is 0. The molecule has 0 fully saturated rings. The van der Waals surface area contributed by atoms with Crippen molar-refractivity contribution in [3.05, 3.63) is 29.8 Å². The fourth-order valence-electron chi connectivity index (χ4n) is 1.79. The number of hydrogen-bond acceptors (Lipinski definition) is 2. The van der Waals surface area contributed by atoms with Crippen molar-refractivity contribution in [2.75, 3.05) is 6.61 Å². The van der Waals surface area contributed by atoms with Crippen molar-refractivity contribution in [2.24, 2.45) is 11.7 Å². The van der Waals surface area contributed by atoms with Gasteiger partial charge in [0.15, 0.2) is 0 Å². The van der Waals surface area contributed by atoms with E-state index in [-0.39, 0.29) is 6.04 Å². The van der Waals surface area contributed by atoms with E-state index in [9.17, 15) is 0 Å². The monoisotopic (exact) mass is 342 g/mol. The fraction of sp³-hybridized carbons (Fsp3) is 0.571. The van der Waals surface area contributed by atoms with Crippen molar-refractivity contribution < 1.29 is 3.07 Å². The maximum atomic E-state index is 6.17. The van der Waals surface area contributed by atoms with Crippen LogP contribution in [-0.2, 0) is 3.07 Å². The molecular formula is C14H24NOSn+. The summed E-state index contributed by atoms with van der Waals surface area (Å²) in [5.74, 6) is 0.611. The first-order valence-electron chi connectivity index (χ1n) is 6.39. The topological polar surface area (TPSA) is 35.2 Å². The predicted octanol–water partition coefficient (Wildman–Crippen LogP) is 2.60. The van der Waals surface area contributed by atoms with Crippen molar-refractivity contribution in [3.63, 3.8) is 0 Å². The van der Waals surface area contributed by atoms with E-state index in [1.54, 1.807) is 0 Å². The van der Waals surface area contributed by atoms with E-state index >= 15 is 0 Å². The van der Waals surface area contributed by atoms with E-state index in [4.69, 9.17) is 8.81 Å². The summed E-state index contributed by atoms with van der Waals surface area (Å²) < 4.78 is 8.79. The molecule has 2 N–H and O–H groups in total. The molecule has 2 nitrogen and oxygen atoms in total. The Morgan fingerprint density at radius 2 is 1.88 bits per heavy atom. The van der Waals surface area contributed by atoms with E-state index in [1.165, 1.54) is 13.6 Å². The van der Waals surface area contributed by atoms with Gasteiger partial charge in [0.2, 0.25) is 0 Å². The minimum atomic E-state index is -1.91. The summed E-state index contributed by atoms with van der Waals surface area (Å²) >= 11 is -1.91. The van der Waals surface area contributed by atoms with Crippen LogP contribution in [0.3, 0.4) is 0 Å². The molecule has 0 bridgehead atoms. The molecule has 0 saturated heterocycles. The first-order chi connectivity index (χ1) is 8.06. The zero-order valence-electron chi connectivity index (χ0n) is 11.4. The van der Waals surface area contributed by atoms with Crippen LogP contribution in [0.2, 0.25) is 4.44 Å². The van der Waals surface area contributed by atoms with Gasteiger partial charge in [-0.15, -0.1) is 0 Å². The molecule has 0 amide bonds. The van der Waals surface area contributed by atoms with Crippen molar-refractivity contribution >= 4 is 23.8 Å². The van der Waals surface area contributed by atoms with E-state index in [0.29, 0.717) is 5.92 Å². The van der Waals surface area contributed by atoms with Crippen LogP contribution in [-0.4, -0.2) is 26.8 Å². The van der Waals surface area contributed by atoms with Crippen LogP contribution in [0.25, 0.3) is 0 Å². The summed E-state index contributed by atoms with van der Waals surface area (Å²) in [6.07, 6.45) is 0. The second-order valence-corrected chi connectivity index (χ2v) is 11.7. The van der Waals surface area contributed by atoms with Gasteiger partial charge in [-0.25, -0.2) is 0 Å². The summed E-state index contributed by atoms with van der Waals surface area (Å²) in [5, 5.41) is 0. The number of benzene rings is 1. The van der Waals surface area contributed by atoms with Crippen LogP contribution in [0, 0.1) is 5.92 Å². The van der Waals surface area contributed by atoms with Crippen LogP contribution in [0.4, 0.5) is 0 Å². The van der Waals surface area contributed by atoms with Crippen molar-refractivity contribution in [1.29, 1.82) is 0 Å². The average molecular weight is 341 g/mol. The van der Waals surface area contributed by atoms with Crippen molar-refractivity contribution in [2.45, 2.75) is 38.2 Å². The van der Waals surface area contributed by atoms with Gasteiger partial charge in [-0.05, 0) is 0 Å². The quantitative estimate of drug-likeness (QED) is 0.808. The Morgan fingerprint density at radius 1 is 1.24 bits per heavy atom. The van der Waals surface area contributed by atoms with Gasteiger partial charge in [0.05, 0.1) is 0 Å². The molecule has 1 atom stereocenters. The second kappa shape index (κ2) is 7.39. The molecule has 3 heteroatoms. The molecule has 1 aromatic carbocycles. The fourth-order valence-corrected chi connectivity index (χ4v) is 8.04. The number of hydrogen-bond donors (Lipinski definition) is 1. The Labute approximate surface area is 113 Å². The van der Waals surface area contributed by atoms with Crippen LogP contribution in [0.1, 0.15) is 39.3 Å². The molecule has 0 saturated carbocycles. The van der Waals surface area contributed by atoms with E-state index in [2.05, 4.69) is 52.0 Å². The minimum absolute atomic E-state index is 0.107. The first-order valence-corrected chi connectivity index (χ1v) is 11.0. The zero-order chi connectivity index (χ0) is 12.8. The predicted molar refractivity (Wildman–Crippen MR) is 75.7 cm³/mol. The molecule has 0 heterocycles. The van der Waals surface area contributed by atoms with E-state index in [0.717, 1.165) is 6.61 Å².